The largest absolute Gasteiger partial charge is 0.493 e. The van der Waals surface area contributed by atoms with Crippen LogP contribution in [-0.2, 0) is 11.2 Å². The maximum atomic E-state index is 12.0. The van der Waals surface area contributed by atoms with Gasteiger partial charge in [0.15, 0.2) is 0 Å². The number of ether oxygens (including phenoxy) is 1. The summed E-state index contributed by atoms with van der Waals surface area (Å²) >= 11 is 0. The molecule has 1 aromatic heterocycles. The first-order chi connectivity index (χ1) is 11.3. The van der Waals surface area contributed by atoms with Gasteiger partial charge >= 0.3 is 0 Å². The number of para-hydroxylation sites is 1. The second-order valence-corrected chi connectivity index (χ2v) is 6.23. The van der Waals surface area contributed by atoms with Crippen molar-refractivity contribution in [3.63, 3.8) is 0 Å². The van der Waals surface area contributed by atoms with E-state index in [2.05, 4.69) is 10.3 Å². The van der Waals surface area contributed by atoms with Crippen molar-refractivity contribution in [1.82, 2.24) is 10.3 Å². The molecule has 23 heavy (non-hydrogen) atoms. The number of nitrogens with zero attached hydrogens (tertiary/aromatic N) is 1. The van der Waals surface area contributed by atoms with E-state index in [9.17, 15) is 4.79 Å². The molecule has 4 heteroatoms. The summed E-state index contributed by atoms with van der Waals surface area (Å²) in [4.78, 5) is 16.0. The summed E-state index contributed by atoms with van der Waals surface area (Å²) in [5, 5.41) is 3.06. The van der Waals surface area contributed by atoms with Crippen LogP contribution in [0.15, 0.2) is 54.9 Å². The van der Waals surface area contributed by atoms with E-state index in [1.165, 1.54) is 0 Å². The number of hydrogen-bond donors (Lipinski definition) is 1. The molecule has 0 aliphatic heterocycles. The number of amides is 1. The van der Waals surface area contributed by atoms with Crippen molar-refractivity contribution in [3.8, 4) is 5.75 Å². The van der Waals surface area contributed by atoms with E-state index in [4.69, 9.17) is 4.74 Å². The minimum atomic E-state index is 0.104. The number of hydrogen-bond acceptors (Lipinski definition) is 3. The van der Waals surface area contributed by atoms with Crippen LogP contribution in [0.3, 0.4) is 0 Å². The fourth-order valence-corrected chi connectivity index (χ4v) is 2.48. The smallest absolute Gasteiger partial charge is 0.220 e. The van der Waals surface area contributed by atoms with Crippen molar-refractivity contribution in [2.75, 3.05) is 13.2 Å². The Bertz CT molecular complexity index is 624. The quantitative estimate of drug-likeness (QED) is 0.815. The molecule has 1 heterocycles. The molecule has 0 bridgehead atoms. The molecule has 1 aromatic carbocycles. The molecule has 1 aliphatic rings. The molecule has 0 unspecified atom stereocenters. The van der Waals surface area contributed by atoms with E-state index < -0.39 is 0 Å². The van der Waals surface area contributed by atoms with Gasteiger partial charge in [-0.3, -0.25) is 9.78 Å². The number of pyridine rings is 1. The van der Waals surface area contributed by atoms with Crippen LogP contribution in [-0.4, -0.2) is 24.0 Å². The van der Waals surface area contributed by atoms with E-state index in [0.29, 0.717) is 19.6 Å². The van der Waals surface area contributed by atoms with Crippen LogP contribution in [0.4, 0.5) is 0 Å². The molecule has 1 amide bonds. The van der Waals surface area contributed by atoms with Gasteiger partial charge in [-0.2, -0.15) is 0 Å². The third-order valence-electron chi connectivity index (χ3n) is 4.30. The first kappa shape index (κ1) is 15.5. The van der Waals surface area contributed by atoms with Crippen LogP contribution >= 0.6 is 0 Å². The van der Waals surface area contributed by atoms with E-state index in [1.807, 2.05) is 42.5 Å². The van der Waals surface area contributed by atoms with Crippen molar-refractivity contribution >= 4 is 5.91 Å². The average molecular weight is 310 g/mol. The van der Waals surface area contributed by atoms with Crippen LogP contribution in [0.1, 0.15) is 24.8 Å². The number of carbonyl (C=O) groups excluding carboxylic acids is 1. The summed E-state index contributed by atoms with van der Waals surface area (Å²) in [5.41, 5.74) is 1.27. The topological polar surface area (TPSA) is 51.2 Å². The van der Waals surface area contributed by atoms with Gasteiger partial charge in [0.1, 0.15) is 5.75 Å². The van der Waals surface area contributed by atoms with Gasteiger partial charge in [0.2, 0.25) is 5.91 Å². The lowest BCUT2D eigenvalue weighted by Gasteiger charge is -2.17. The predicted molar refractivity (Wildman–Crippen MR) is 89.2 cm³/mol. The summed E-state index contributed by atoms with van der Waals surface area (Å²) in [7, 11) is 0. The number of nitrogens with one attached hydrogen (secondary N) is 1. The lowest BCUT2D eigenvalue weighted by molar-refractivity contribution is -0.121. The fourth-order valence-electron chi connectivity index (χ4n) is 2.48. The molecule has 120 valence electrons. The Balaban J connectivity index is 1.38. The summed E-state index contributed by atoms with van der Waals surface area (Å²) in [5.74, 6) is 0.996. The Morgan fingerprint density at radius 3 is 2.57 bits per heavy atom. The van der Waals surface area contributed by atoms with Gasteiger partial charge in [-0.25, -0.2) is 0 Å². The number of aromatic nitrogens is 1. The molecule has 0 spiro atoms. The highest BCUT2D eigenvalue weighted by atomic mass is 16.5. The molecule has 0 atom stereocenters. The highest BCUT2D eigenvalue weighted by Gasteiger charge is 2.43. The Morgan fingerprint density at radius 1 is 1.13 bits per heavy atom. The molecular formula is C19H22N2O2. The van der Waals surface area contributed by atoms with Crippen molar-refractivity contribution in [3.05, 3.63) is 60.4 Å². The molecule has 1 aliphatic carbocycles. The summed E-state index contributed by atoms with van der Waals surface area (Å²) in [6.07, 6.45) is 7.01. The van der Waals surface area contributed by atoms with E-state index in [-0.39, 0.29) is 11.3 Å². The highest BCUT2D eigenvalue weighted by molar-refractivity contribution is 5.76. The monoisotopic (exact) mass is 310 g/mol. The number of benzene rings is 1. The molecule has 4 nitrogen and oxygen atoms in total. The van der Waals surface area contributed by atoms with Gasteiger partial charge in [-0.15, -0.1) is 0 Å². The highest BCUT2D eigenvalue weighted by Crippen LogP contribution is 2.45. The normalized spacial score (nSPS) is 15.0. The van der Waals surface area contributed by atoms with Crippen LogP contribution in [0.25, 0.3) is 0 Å². The molecule has 1 fully saturated rings. The standard InChI is InChI=1S/C19H22N2O2/c22-18(7-6-16-8-12-20-13-9-16)21-14-19(10-11-19)15-23-17-4-2-1-3-5-17/h1-5,8-9,12-13H,6-7,10-11,14-15H2,(H,21,22). The first-order valence-electron chi connectivity index (χ1n) is 8.09. The Morgan fingerprint density at radius 2 is 1.87 bits per heavy atom. The third-order valence-corrected chi connectivity index (χ3v) is 4.30. The summed E-state index contributed by atoms with van der Waals surface area (Å²) < 4.78 is 5.84. The third kappa shape index (κ3) is 4.81. The predicted octanol–water partition coefficient (Wildman–Crippen LogP) is 2.99. The lowest BCUT2D eigenvalue weighted by Crippen LogP contribution is -2.33. The molecule has 3 rings (SSSR count). The average Bonchev–Trinajstić information content (AvgIpc) is 3.39. The van der Waals surface area contributed by atoms with Crippen molar-refractivity contribution in [2.45, 2.75) is 25.7 Å². The van der Waals surface area contributed by atoms with Crippen molar-refractivity contribution in [2.24, 2.45) is 5.41 Å². The second kappa shape index (κ2) is 7.27. The molecular weight excluding hydrogens is 288 g/mol. The van der Waals surface area contributed by atoms with Crippen molar-refractivity contribution in [1.29, 1.82) is 0 Å². The molecule has 2 aromatic rings. The van der Waals surface area contributed by atoms with Gasteiger partial charge in [-0.05, 0) is 49.1 Å². The summed E-state index contributed by atoms with van der Waals surface area (Å²) in [6.45, 7) is 1.37. The van der Waals surface area contributed by atoms with Gasteiger partial charge in [0.05, 0.1) is 6.61 Å². The molecule has 1 saturated carbocycles. The van der Waals surface area contributed by atoms with Gasteiger partial charge in [0, 0.05) is 30.8 Å². The second-order valence-electron chi connectivity index (χ2n) is 6.23. The van der Waals surface area contributed by atoms with Crippen LogP contribution in [0.5, 0.6) is 5.75 Å². The molecule has 0 saturated heterocycles. The van der Waals surface area contributed by atoms with Crippen LogP contribution in [0, 0.1) is 5.41 Å². The molecule has 0 radical (unpaired) electrons. The first-order valence-corrected chi connectivity index (χ1v) is 8.09. The van der Waals surface area contributed by atoms with Gasteiger partial charge < -0.3 is 10.1 Å². The van der Waals surface area contributed by atoms with Gasteiger partial charge in [-0.1, -0.05) is 18.2 Å². The van der Waals surface area contributed by atoms with E-state index in [0.717, 1.165) is 30.6 Å². The van der Waals surface area contributed by atoms with Gasteiger partial charge in [0.25, 0.3) is 0 Å². The minimum absolute atomic E-state index is 0.104. The maximum absolute atomic E-state index is 12.0. The fraction of sp³-hybridized carbons (Fsp3) is 0.368. The van der Waals surface area contributed by atoms with E-state index >= 15 is 0 Å². The zero-order valence-electron chi connectivity index (χ0n) is 13.2. The summed E-state index contributed by atoms with van der Waals surface area (Å²) in [6, 6.07) is 13.7. The Labute approximate surface area is 136 Å². The Hall–Kier alpha value is -2.36. The van der Waals surface area contributed by atoms with E-state index in [1.54, 1.807) is 12.4 Å². The van der Waals surface area contributed by atoms with Crippen LogP contribution < -0.4 is 10.1 Å². The number of carbonyl (C=O) groups is 1. The maximum Gasteiger partial charge on any atom is 0.220 e. The Kier molecular flexibility index (Phi) is 4.91. The minimum Gasteiger partial charge on any atom is -0.493 e. The molecule has 1 N–H and O–H groups in total. The zero-order valence-corrected chi connectivity index (χ0v) is 13.2. The zero-order chi connectivity index (χ0) is 16.0. The lowest BCUT2D eigenvalue weighted by atomic mass is 10.1. The van der Waals surface area contributed by atoms with Crippen molar-refractivity contribution < 1.29 is 9.53 Å². The number of aryl methyl sites for hydroxylation is 1. The van der Waals surface area contributed by atoms with Crippen LogP contribution in [0.2, 0.25) is 0 Å². The SMILES string of the molecule is O=C(CCc1ccncc1)NCC1(COc2ccccc2)CC1. The number of rotatable bonds is 8.